The lowest BCUT2D eigenvalue weighted by Gasteiger charge is -2.31. The molecule has 1 fully saturated rings. The van der Waals surface area contributed by atoms with E-state index in [-0.39, 0.29) is 24.9 Å². The number of rotatable bonds is 6. The highest BCUT2D eigenvalue weighted by molar-refractivity contribution is 7.13. The van der Waals surface area contributed by atoms with Gasteiger partial charge in [0.25, 0.3) is 5.89 Å². The van der Waals surface area contributed by atoms with Gasteiger partial charge in [0.15, 0.2) is 0 Å². The maximum absolute atomic E-state index is 12.2. The average Bonchev–Trinajstić information content (AvgIpc) is 3.23. The maximum Gasteiger partial charge on any atom is 0.437 e. The van der Waals surface area contributed by atoms with Gasteiger partial charge < -0.3 is 9.73 Å². The monoisotopic (exact) mass is 349 g/mol. The van der Waals surface area contributed by atoms with Crippen LogP contribution in [-0.2, 0) is 11.3 Å². The smallest absolute Gasteiger partial charge is 0.387 e. The van der Waals surface area contributed by atoms with E-state index in [0.29, 0.717) is 11.8 Å². The zero-order chi connectivity index (χ0) is 16.9. The Morgan fingerprint density at radius 1 is 1.46 bits per heavy atom. The largest absolute Gasteiger partial charge is 0.437 e. The van der Waals surface area contributed by atoms with Crippen LogP contribution < -0.4 is 11.1 Å². The van der Waals surface area contributed by atoms with Gasteiger partial charge in [-0.1, -0.05) is 32.3 Å². The number of carbonyl (C=O) groups excluding carboxylic acids is 1. The molecule has 2 aromatic heterocycles. The molecule has 0 spiro atoms. The topological polar surface area (TPSA) is 77.1 Å². The molecule has 0 aliphatic heterocycles. The Kier molecular flexibility index (Phi) is 5.50. The molecular formula is C17H23N3O3S. The van der Waals surface area contributed by atoms with Crippen molar-refractivity contribution in [2.75, 3.05) is 0 Å². The Labute approximate surface area is 144 Å². The van der Waals surface area contributed by atoms with Crippen LogP contribution in [-0.4, -0.2) is 21.7 Å². The summed E-state index contributed by atoms with van der Waals surface area (Å²) in [7, 11) is 0. The lowest BCUT2D eigenvalue weighted by atomic mass is 9.83. The van der Waals surface area contributed by atoms with E-state index in [4.69, 9.17) is 4.42 Å². The second-order valence-corrected chi connectivity index (χ2v) is 7.20. The first kappa shape index (κ1) is 17.0. The van der Waals surface area contributed by atoms with Crippen LogP contribution in [0, 0.1) is 5.92 Å². The predicted molar refractivity (Wildman–Crippen MR) is 92.9 cm³/mol. The zero-order valence-corrected chi connectivity index (χ0v) is 14.7. The van der Waals surface area contributed by atoms with Gasteiger partial charge in [0.05, 0.1) is 11.4 Å². The molecule has 24 heavy (non-hydrogen) atoms. The van der Waals surface area contributed by atoms with Crippen molar-refractivity contribution in [2.45, 2.75) is 58.0 Å². The van der Waals surface area contributed by atoms with Crippen molar-refractivity contribution in [3.8, 4) is 10.8 Å². The second-order valence-electron chi connectivity index (χ2n) is 6.25. The molecule has 3 rings (SSSR count). The van der Waals surface area contributed by atoms with Crippen molar-refractivity contribution in [3.63, 3.8) is 0 Å². The SMILES string of the molecule is CC[C@H]1CCCC[C@@H]1NC(=O)CCn1nc(-c2cccs2)oc1=O. The predicted octanol–water partition coefficient (Wildman–Crippen LogP) is 3.04. The minimum Gasteiger partial charge on any atom is -0.387 e. The molecule has 1 aliphatic carbocycles. The highest BCUT2D eigenvalue weighted by atomic mass is 32.1. The molecule has 1 amide bonds. The molecule has 130 valence electrons. The average molecular weight is 349 g/mol. The molecule has 2 aromatic rings. The Hall–Kier alpha value is -1.89. The van der Waals surface area contributed by atoms with Crippen LogP contribution in [0.4, 0.5) is 0 Å². The number of amides is 1. The van der Waals surface area contributed by atoms with E-state index < -0.39 is 5.76 Å². The molecule has 0 saturated heterocycles. The molecule has 2 atom stereocenters. The Bertz CT molecular complexity index is 720. The van der Waals surface area contributed by atoms with Crippen molar-refractivity contribution in [1.82, 2.24) is 15.1 Å². The number of nitrogens with one attached hydrogen (secondary N) is 1. The van der Waals surface area contributed by atoms with Gasteiger partial charge in [-0.3, -0.25) is 4.79 Å². The number of aromatic nitrogens is 2. The molecule has 6 nitrogen and oxygen atoms in total. The van der Waals surface area contributed by atoms with Gasteiger partial charge in [-0.05, 0) is 30.2 Å². The summed E-state index contributed by atoms with van der Waals surface area (Å²) >= 11 is 1.46. The van der Waals surface area contributed by atoms with Crippen molar-refractivity contribution >= 4 is 17.2 Å². The molecule has 1 N–H and O–H groups in total. The summed E-state index contributed by atoms with van der Waals surface area (Å²) in [5.74, 6) is 0.347. The summed E-state index contributed by atoms with van der Waals surface area (Å²) in [6.45, 7) is 2.42. The molecule has 0 aromatic carbocycles. The van der Waals surface area contributed by atoms with Gasteiger partial charge in [0.1, 0.15) is 0 Å². The Morgan fingerprint density at radius 2 is 2.29 bits per heavy atom. The van der Waals surface area contributed by atoms with Gasteiger partial charge in [-0.15, -0.1) is 16.4 Å². The first-order chi connectivity index (χ1) is 11.7. The molecule has 7 heteroatoms. The molecule has 1 saturated carbocycles. The fourth-order valence-electron chi connectivity index (χ4n) is 3.32. The minimum atomic E-state index is -0.518. The summed E-state index contributed by atoms with van der Waals surface area (Å²) in [5.41, 5.74) is 0. The fraction of sp³-hybridized carbons (Fsp3) is 0.588. The van der Waals surface area contributed by atoms with Crippen molar-refractivity contribution < 1.29 is 9.21 Å². The number of nitrogens with zero attached hydrogens (tertiary/aromatic N) is 2. The molecule has 2 heterocycles. The third-order valence-corrected chi connectivity index (χ3v) is 5.53. The first-order valence-electron chi connectivity index (χ1n) is 8.58. The number of carbonyl (C=O) groups is 1. The van der Waals surface area contributed by atoms with Gasteiger partial charge in [0.2, 0.25) is 5.91 Å². The highest BCUT2D eigenvalue weighted by Crippen LogP contribution is 2.26. The first-order valence-corrected chi connectivity index (χ1v) is 9.46. The van der Waals surface area contributed by atoms with Crippen LogP contribution >= 0.6 is 11.3 Å². The van der Waals surface area contributed by atoms with E-state index in [2.05, 4.69) is 17.3 Å². The summed E-state index contributed by atoms with van der Waals surface area (Å²) < 4.78 is 6.38. The van der Waals surface area contributed by atoms with Crippen molar-refractivity contribution in [2.24, 2.45) is 5.92 Å². The third kappa shape index (κ3) is 3.95. The van der Waals surface area contributed by atoms with Gasteiger partial charge in [-0.25, -0.2) is 4.79 Å². The van der Waals surface area contributed by atoms with Crippen LogP contribution in [0.5, 0.6) is 0 Å². The number of aryl methyl sites for hydroxylation is 1. The van der Waals surface area contributed by atoms with E-state index in [0.717, 1.165) is 17.7 Å². The van der Waals surface area contributed by atoms with Crippen molar-refractivity contribution in [1.29, 1.82) is 0 Å². The minimum absolute atomic E-state index is 0.0204. The maximum atomic E-state index is 12.2. The molecule has 0 radical (unpaired) electrons. The standard InChI is InChI=1S/C17H23N3O3S/c1-2-12-6-3-4-7-13(12)18-15(21)9-10-20-17(22)23-16(19-20)14-8-5-11-24-14/h5,8,11-13H,2-4,6-7,9-10H2,1H3,(H,18,21)/t12-,13-/m0/s1. The quantitative estimate of drug-likeness (QED) is 0.869. The van der Waals surface area contributed by atoms with Crippen LogP contribution in [0.15, 0.2) is 26.7 Å². The van der Waals surface area contributed by atoms with Gasteiger partial charge in [-0.2, -0.15) is 4.68 Å². The molecule has 1 aliphatic rings. The Balaban J connectivity index is 1.55. The van der Waals surface area contributed by atoms with Crippen LogP contribution in [0.2, 0.25) is 0 Å². The summed E-state index contributed by atoms with van der Waals surface area (Å²) in [4.78, 5) is 24.9. The van der Waals surface area contributed by atoms with E-state index in [9.17, 15) is 9.59 Å². The zero-order valence-electron chi connectivity index (χ0n) is 13.9. The van der Waals surface area contributed by atoms with Crippen molar-refractivity contribution in [3.05, 3.63) is 28.1 Å². The lowest BCUT2D eigenvalue weighted by Crippen LogP contribution is -2.42. The van der Waals surface area contributed by atoms with Crippen LogP contribution in [0.1, 0.15) is 45.4 Å². The lowest BCUT2D eigenvalue weighted by molar-refractivity contribution is -0.122. The van der Waals surface area contributed by atoms with E-state index >= 15 is 0 Å². The molecular weight excluding hydrogens is 326 g/mol. The van der Waals surface area contributed by atoms with Crippen LogP contribution in [0.3, 0.4) is 0 Å². The summed E-state index contributed by atoms with van der Waals surface area (Å²) in [6, 6.07) is 3.99. The van der Waals surface area contributed by atoms with Gasteiger partial charge >= 0.3 is 5.76 Å². The summed E-state index contributed by atoms with van der Waals surface area (Å²) in [5, 5.41) is 9.20. The van der Waals surface area contributed by atoms with E-state index in [1.165, 1.54) is 35.3 Å². The third-order valence-electron chi connectivity index (χ3n) is 4.67. The number of thiophene rings is 1. The number of hydrogen-bond acceptors (Lipinski definition) is 5. The Morgan fingerprint density at radius 3 is 3.04 bits per heavy atom. The highest BCUT2D eigenvalue weighted by Gasteiger charge is 2.25. The van der Waals surface area contributed by atoms with E-state index in [1.54, 1.807) is 0 Å². The van der Waals surface area contributed by atoms with Crippen LogP contribution in [0.25, 0.3) is 10.8 Å². The molecule has 0 unspecified atom stereocenters. The van der Waals surface area contributed by atoms with E-state index in [1.807, 2.05) is 17.5 Å². The summed E-state index contributed by atoms with van der Waals surface area (Å²) in [6.07, 6.45) is 6.01. The number of hydrogen-bond donors (Lipinski definition) is 1. The fourth-order valence-corrected chi connectivity index (χ4v) is 3.96. The second kappa shape index (κ2) is 7.79. The molecule has 0 bridgehead atoms. The van der Waals surface area contributed by atoms with Gasteiger partial charge in [0, 0.05) is 12.5 Å². The normalized spacial score (nSPS) is 20.9.